The van der Waals surface area contributed by atoms with E-state index in [1.54, 1.807) is 21.3 Å². The van der Waals surface area contributed by atoms with Crippen molar-refractivity contribution in [3.63, 3.8) is 0 Å². The van der Waals surface area contributed by atoms with Crippen molar-refractivity contribution < 1.29 is 13.3 Å². The van der Waals surface area contributed by atoms with Crippen molar-refractivity contribution in [2.75, 3.05) is 42.0 Å². The molecule has 0 aromatic carbocycles. The summed E-state index contributed by atoms with van der Waals surface area (Å²) in [6.45, 7) is 0.931. The summed E-state index contributed by atoms with van der Waals surface area (Å²) in [5.41, 5.74) is 0. The number of rotatable bonds is 6. The maximum atomic E-state index is 5.28. The van der Waals surface area contributed by atoms with Crippen LogP contribution in [0.1, 0.15) is 0 Å². The van der Waals surface area contributed by atoms with E-state index in [2.05, 4.69) is 4.90 Å². The molecule has 0 rings (SSSR count). The normalized spacial score (nSPS) is 13.8. The third kappa shape index (κ3) is 3.64. The van der Waals surface area contributed by atoms with Gasteiger partial charge in [-0.15, -0.1) is 0 Å². The van der Waals surface area contributed by atoms with E-state index in [4.69, 9.17) is 13.3 Å². The second-order valence-corrected chi connectivity index (χ2v) is 6.66. The molecule has 4 nitrogen and oxygen atoms in total. The van der Waals surface area contributed by atoms with E-state index in [0.29, 0.717) is 0 Å². The molecule has 0 spiro atoms. The Hall–Kier alpha value is 0.0569. The maximum absolute atomic E-state index is 5.28. The molecule has 0 aromatic heterocycles. The average Bonchev–Trinajstić information content (AvgIpc) is 2.08. The third-order valence-electron chi connectivity index (χ3n) is 2.01. The van der Waals surface area contributed by atoms with Gasteiger partial charge in [-0.1, -0.05) is 0 Å². The molecule has 0 fully saturated rings. The summed E-state index contributed by atoms with van der Waals surface area (Å²) in [4.78, 5) is 2.09. The summed E-state index contributed by atoms with van der Waals surface area (Å²) < 4.78 is 15.8. The average molecular weight is 194 g/mol. The van der Waals surface area contributed by atoms with E-state index < -0.39 is 8.80 Å². The third-order valence-corrected chi connectivity index (χ3v) is 5.13. The first-order valence-electron chi connectivity index (χ1n) is 4.05. The van der Waals surface area contributed by atoms with E-state index >= 15 is 0 Å². The second-order valence-electron chi connectivity index (χ2n) is 3.09. The standard InChI is InChI=1S/C7H20NO3Si/c1-8(2)6-7-12(9-3,10-4)11-5/h12H,6-7H2,1-5H3/q-1. The minimum absolute atomic E-state index is 0.851. The van der Waals surface area contributed by atoms with Gasteiger partial charge in [0, 0.05) is 0 Å². The molecule has 0 bridgehead atoms. The van der Waals surface area contributed by atoms with Crippen LogP contribution in [0.25, 0.3) is 0 Å². The van der Waals surface area contributed by atoms with Crippen LogP contribution in [0, 0.1) is 0 Å². The van der Waals surface area contributed by atoms with Gasteiger partial charge in [0.15, 0.2) is 0 Å². The van der Waals surface area contributed by atoms with Gasteiger partial charge in [0.1, 0.15) is 0 Å². The van der Waals surface area contributed by atoms with Crippen LogP contribution in [-0.2, 0) is 13.3 Å². The zero-order valence-corrected chi connectivity index (χ0v) is 9.82. The minimum atomic E-state index is -2.61. The molecule has 0 atom stereocenters. The fourth-order valence-corrected chi connectivity index (χ4v) is 3.18. The summed E-state index contributed by atoms with van der Waals surface area (Å²) in [5, 5.41) is 0. The van der Waals surface area contributed by atoms with Crippen molar-refractivity contribution >= 4 is 8.80 Å². The molecular formula is C7H20NO3Si-. The van der Waals surface area contributed by atoms with Gasteiger partial charge in [0.25, 0.3) is 0 Å². The Kier molecular flexibility index (Phi) is 5.69. The first-order valence-corrected chi connectivity index (χ1v) is 6.28. The SMILES string of the molecule is CO[SiH-](CCN(C)C)(OC)OC. The molecule has 0 amide bonds. The van der Waals surface area contributed by atoms with Gasteiger partial charge in [-0.2, -0.15) is 0 Å². The molecule has 0 aliphatic carbocycles. The molecule has 0 heterocycles. The molecule has 0 aromatic rings. The van der Waals surface area contributed by atoms with Crippen LogP contribution in [0.5, 0.6) is 0 Å². The fourth-order valence-electron chi connectivity index (χ4n) is 1.06. The molecule has 0 N–H and O–H groups in total. The Morgan fingerprint density at radius 2 is 1.42 bits per heavy atom. The number of hydrogen-bond donors (Lipinski definition) is 0. The van der Waals surface area contributed by atoms with Gasteiger partial charge in [0.05, 0.1) is 0 Å². The van der Waals surface area contributed by atoms with Crippen molar-refractivity contribution in [2.24, 2.45) is 0 Å². The van der Waals surface area contributed by atoms with Crippen LogP contribution >= 0.6 is 0 Å². The Balaban J connectivity index is 3.93. The van der Waals surface area contributed by atoms with Crippen LogP contribution in [0.3, 0.4) is 0 Å². The monoisotopic (exact) mass is 194 g/mol. The Morgan fingerprint density at radius 1 is 1.00 bits per heavy atom. The Bertz CT molecular complexity index is 109. The van der Waals surface area contributed by atoms with Crippen LogP contribution in [-0.4, -0.2) is 55.7 Å². The van der Waals surface area contributed by atoms with Crippen LogP contribution in [0.2, 0.25) is 6.04 Å². The molecule has 0 saturated carbocycles. The van der Waals surface area contributed by atoms with E-state index in [0.717, 1.165) is 12.6 Å². The number of hydrogen-bond acceptors (Lipinski definition) is 4. The van der Waals surface area contributed by atoms with Crippen molar-refractivity contribution in [2.45, 2.75) is 6.04 Å². The van der Waals surface area contributed by atoms with Gasteiger partial charge in [-0.25, -0.2) is 0 Å². The molecule has 0 radical (unpaired) electrons. The summed E-state index contributed by atoms with van der Waals surface area (Å²) in [6.07, 6.45) is 0. The molecule has 0 aliphatic rings. The summed E-state index contributed by atoms with van der Waals surface area (Å²) >= 11 is 0. The van der Waals surface area contributed by atoms with Crippen molar-refractivity contribution in [3.05, 3.63) is 0 Å². The van der Waals surface area contributed by atoms with Gasteiger partial charge >= 0.3 is 75.0 Å². The fraction of sp³-hybridized carbons (Fsp3) is 1.00. The number of nitrogens with zero attached hydrogens (tertiary/aromatic N) is 1. The van der Waals surface area contributed by atoms with Crippen LogP contribution < -0.4 is 0 Å². The first-order chi connectivity index (χ1) is 5.60. The Morgan fingerprint density at radius 3 is 1.67 bits per heavy atom. The van der Waals surface area contributed by atoms with E-state index in [9.17, 15) is 0 Å². The predicted molar refractivity (Wildman–Crippen MR) is 51.5 cm³/mol. The zero-order valence-electron chi connectivity index (χ0n) is 8.66. The summed E-state index contributed by atoms with van der Waals surface area (Å²) in [6, 6.07) is 0.851. The molecule has 0 saturated heterocycles. The molecule has 0 unspecified atom stereocenters. The predicted octanol–water partition coefficient (Wildman–Crippen LogP) is 0.158. The van der Waals surface area contributed by atoms with E-state index in [1.165, 1.54) is 0 Å². The van der Waals surface area contributed by atoms with Crippen molar-refractivity contribution in [1.82, 2.24) is 4.90 Å². The topological polar surface area (TPSA) is 30.9 Å². The van der Waals surface area contributed by atoms with Gasteiger partial charge in [0.2, 0.25) is 0 Å². The first kappa shape index (κ1) is 12.1. The van der Waals surface area contributed by atoms with Crippen molar-refractivity contribution in [1.29, 1.82) is 0 Å². The van der Waals surface area contributed by atoms with Crippen LogP contribution in [0.4, 0.5) is 0 Å². The van der Waals surface area contributed by atoms with E-state index in [-0.39, 0.29) is 0 Å². The zero-order chi connectivity index (χ0) is 9.61. The van der Waals surface area contributed by atoms with Gasteiger partial charge in [-0.3, -0.25) is 0 Å². The quantitative estimate of drug-likeness (QED) is 0.564. The summed E-state index contributed by atoms with van der Waals surface area (Å²) in [5.74, 6) is 0. The molecule has 12 heavy (non-hydrogen) atoms. The molecule has 76 valence electrons. The molecular weight excluding hydrogens is 174 g/mol. The van der Waals surface area contributed by atoms with Crippen LogP contribution in [0.15, 0.2) is 0 Å². The molecule has 5 heteroatoms. The molecule has 0 aliphatic heterocycles. The van der Waals surface area contributed by atoms with Gasteiger partial charge < -0.3 is 0 Å². The van der Waals surface area contributed by atoms with Gasteiger partial charge in [-0.05, 0) is 0 Å². The second kappa shape index (κ2) is 5.66. The Labute approximate surface area is 75.8 Å². The van der Waals surface area contributed by atoms with Crippen molar-refractivity contribution in [3.8, 4) is 0 Å². The summed E-state index contributed by atoms with van der Waals surface area (Å²) in [7, 11) is 6.37. The van der Waals surface area contributed by atoms with E-state index in [1.807, 2.05) is 14.1 Å².